The monoisotopic (exact) mass is 245 g/mol. The van der Waals surface area contributed by atoms with Crippen LogP contribution in [0.4, 0.5) is 5.69 Å². The summed E-state index contributed by atoms with van der Waals surface area (Å²) in [4.78, 5) is 14.2. The summed E-state index contributed by atoms with van der Waals surface area (Å²) in [5.41, 5.74) is 2.19. The number of nitrogens with zero attached hydrogens (tertiary/aromatic N) is 1. The molecule has 0 radical (unpaired) electrons. The lowest BCUT2D eigenvalue weighted by atomic mass is 9.69. The number of benzene rings is 1. The number of anilines is 1. The summed E-state index contributed by atoms with van der Waals surface area (Å²) in [6.07, 6.45) is 3.24. The molecule has 1 amide bonds. The fraction of sp³-hybridized carbons (Fsp3) is 0.562. The van der Waals surface area contributed by atoms with Crippen molar-refractivity contribution in [3.05, 3.63) is 29.8 Å². The molecule has 0 aliphatic heterocycles. The zero-order chi connectivity index (χ0) is 13.3. The Hall–Kier alpha value is -1.31. The van der Waals surface area contributed by atoms with Gasteiger partial charge >= 0.3 is 0 Å². The molecule has 2 rings (SSSR count). The first-order chi connectivity index (χ1) is 8.44. The number of hydrogen-bond acceptors (Lipinski definition) is 1. The molecular weight excluding hydrogens is 222 g/mol. The van der Waals surface area contributed by atoms with Crippen LogP contribution in [-0.2, 0) is 4.79 Å². The third kappa shape index (κ3) is 2.29. The second kappa shape index (κ2) is 4.75. The normalized spacial score (nSPS) is 17.4. The first-order valence-corrected chi connectivity index (χ1v) is 6.82. The predicted octanol–water partition coefficient (Wildman–Crippen LogP) is 3.96. The van der Waals surface area contributed by atoms with Crippen LogP contribution >= 0.6 is 0 Å². The Kier molecular flexibility index (Phi) is 3.47. The summed E-state index contributed by atoms with van der Waals surface area (Å²) in [5, 5.41) is 0. The van der Waals surface area contributed by atoms with E-state index in [1.165, 1.54) is 12.0 Å². The van der Waals surface area contributed by atoms with Crippen LogP contribution < -0.4 is 4.90 Å². The van der Waals surface area contributed by atoms with Crippen molar-refractivity contribution < 1.29 is 4.79 Å². The Morgan fingerprint density at radius 3 is 2.17 bits per heavy atom. The third-order valence-corrected chi connectivity index (χ3v) is 4.23. The molecule has 0 spiro atoms. The van der Waals surface area contributed by atoms with Gasteiger partial charge in [-0.3, -0.25) is 4.79 Å². The van der Waals surface area contributed by atoms with Crippen LogP contribution in [-0.4, -0.2) is 13.0 Å². The van der Waals surface area contributed by atoms with Crippen LogP contribution in [0.2, 0.25) is 0 Å². The van der Waals surface area contributed by atoms with E-state index in [0.717, 1.165) is 18.5 Å². The number of hydrogen-bond donors (Lipinski definition) is 0. The van der Waals surface area contributed by atoms with Gasteiger partial charge in [0.2, 0.25) is 5.91 Å². The van der Waals surface area contributed by atoms with Gasteiger partial charge in [0.05, 0.1) is 0 Å². The van der Waals surface area contributed by atoms with Crippen molar-refractivity contribution in [3.8, 4) is 0 Å². The molecule has 98 valence electrons. The highest BCUT2D eigenvalue weighted by Crippen LogP contribution is 2.42. The van der Waals surface area contributed by atoms with Crippen molar-refractivity contribution in [2.75, 3.05) is 11.9 Å². The first kappa shape index (κ1) is 13.1. The van der Waals surface area contributed by atoms with Crippen LogP contribution in [0.1, 0.15) is 51.5 Å². The van der Waals surface area contributed by atoms with E-state index in [0.29, 0.717) is 5.92 Å². The molecule has 2 nitrogen and oxygen atoms in total. The lowest BCUT2D eigenvalue weighted by Gasteiger charge is -2.39. The van der Waals surface area contributed by atoms with E-state index in [1.54, 1.807) is 0 Å². The maximum atomic E-state index is 12.4. The molecule has 2 heteroatoms. The van der Waals surface area contributed by atoms with Gasteiger partial charge in [-0.15, -0.1) is 0 Å². The second-order valence-electron chi connectivity index (χ2n) is 6.02. The van der Waals surface area contributed by atoms with Crippen molar-refractivity contribution in [2.24, 2.45) is 5.41 Å². The molecule has 1 aliphatic rings. The maximum Gasteiger partial charge on any atom is 0.232 e. The van der Waals surface area contributed by atoms with Crippen LogP contribution in [0, 0.1) is 5.41 Å². The average molecular weight is 245 g/mol. The van der Waals surface area contributed by atoms with Gasteiger partial charge in [-0.05, 0) is 36.5 Å². The van der Waals surface area contributed by atoms with Crippen LogP contribution in [0.25, 0.3) is 0 Å². The molecule has 0 N–H and O–H groups in total. The molecule has 1 fully saturated rings. The van der Waals surface area contributed by atoms with Crippen LogP contribution in [0.15, 0.2) is 24.3 Å². The number of rotatable bonds is 3. The molecule has 0 atom stereocenters. The highest BCUT2D eigenvalue weighted by atomic mass is 16.2. The number of carbonyl (C=O) groups excluding carboxylic acids is 1. The Balaban J connectivity index is 2.13. The largest absolute Gasteiger partial charge is 0.315 e. The summed E-state index contributed by atoms with van der Waals surface area (Å²) in [6, 6.07) is 8.34. The van der Waals surface area contributed by atoms with E-state index in [2.05, 4.69) is 45.0 Å². The van der Waals surface area contributed by atoms with E-state index in [9.17, 15) is 4.79 Å². The molecule has 18 heavy (non-hydrogen) atoms. The molecule has 1 aliphatic carbocycles. The minimum atomic E-state index is -0.120. The Morgan fingerprint density at radius 1 is 1.22 bits per heavy atom. The molecule has 0 saturated heterocycles. The molecule has 0 bridgehead atoms. The van der Waals surface area contributed by atoms with Crippen LogP contribution in [0.5, 0.6) is 0 Å². The Labute approximate surface area is 110 Å². The Bertz CT molecular complexity index is 429. The van der Waals surface area contributed by atoms with Crippen LogP contribution in [0.3, 0.4) is 0 Å². The lowest BCUT2D eigenvalue weighted by Crippen LogP contribution is -2.44. The summed E-state index contributed by atoms with van der Waals surface area (Å²) >= 11 is 0. The fourth-order valence-corrected chi connectivity index (χ4v) is 2.53. The first-order valence-electron chi connectivity index (χ1n) is 6.82. The third-order valence-electron chi connectivity index (χ3n) is 4.23. The van der Waals surface area contributed by atoms with E-state index in [4.69, 9.17) is 0 Å². The molecule has 1 aromatic rings. The summed E-state index contributed by atoms with van der Waals surface area (Å²) < 4.78 is 0. The SMILES string of the molecule is CC(C)c1ccc(N(C)C(=O)C2(C)CCC2)cc1. The fourth-order valence-electron chi connectivity index (χ4n) is 2.53. The average Bonchev–Trinajstić information content (AvgIpc) is 2.34. The maximum absolute atomic E-state index is 12.4. The smallest absolute Gasteiger partial charge is 0.232 e. The van der Waals surface area contributed by atoms with Crippen molar-refractivity contribution in [3.63, 3.8) is 0 Å². The zero-order valence-corrected chi connectivity index (χ0v) is 11.9. The van der Waals surface area contributed by atoms with Crippen molar-refractivity contribution in [1.82, 2.24) is 0 Å². The Morgan fingerprint density at radius 2 is 1.78 bits per heavy atom. The summed E-state index contributed by atoms with van der Waals surface area (Å²) in [6.45, 7) is 6.44. The molecule has 1 aromatic carbocycles. The second-order valence-corrected chi connectivity index (χ2v) is 6.02. The van der Waals surface area contributed by atoms with Crippen molar-refractivity contribution >= 4 is 11.6 Å². The minimum absolute atomic E-state index is 0.120. The minimum Gasteiger partial charge on any atom is -0.315 e. The van der Waals surface area contributed by atoms with Crippen molar-refractivity contribution in [1.29, 1.82) is 0 Å². The van der Waals surface area contributed by atoms with Gasteiger partial charge in [0.15, 0.2) is 0 Å². The quantitative estimate of drug-likeness (QED) is 0.789. The van der Waals surface area contributed by atoms with Gasteiger partial charge in [0, 0.05) is 18.2 Å². The summed E-state index contributed by atoms with van der Waals surface area (Å²) in [7, 11) is 1.89. The number of amides is 1. The molecule has 1 saturated carbocycles. The standard InChI is InChI=1S/C16H23NO/c1-12(2)13-6-8-14(9-7-13)17(4)15(18)16(3)10-5-11-16/h6-9,12H,5,10-11H2,1-4H3. The highest BCUT2D eigenvalue weighted by molar-refractivity contribution is 5.97. The van der Waals surface area contributed by atoms with Gasteiger partial charge < -0.3 is 4.90 Å². The number of carbonyl (C=O) groups is 1. The van der Waals surface area contributed by atoms with Crippen molar-refractivity contribution in [2.45, 2.75) is 46.0 Å². The topological polar surface area (TPSA) is 20.3 Å². The van der Waals surface area contributed by atoms with Gasteiger partial charge in [-0.2, -0.15) is 0 Å². The predicted molar refractivity (Wildman–Crippen MR) is 75.9 cm³/mol. The van der Waals surface area contributed by atoms with E-state index in [-0.39, 0.29) is 11.3 Å². The highest BCUT2D eigenvalue weighted by Gasteiger charge is 2.41. The molecule has 0 heterocycles. The van der Waals surface area contributed by atoms with Gasteiger partial charge in [0.1, 0.15) is 0 Å². The molecule has 0 aromatic heterocycles. The summed E-state index contributed by atoms with van der Waals surface area (Å²) in [5.74, 6) is 0.787. The van der Waals surface area contributed by atoms with Gasteiger partial charge in [-0.1, -0.05) is 39.3 Å². The molecule has 0 unspecified atom stereocenters. The molecular formula is C16H23NO. The van der Waals surface area contributed by atoms with E-state index >= 15 is 0 Å². The van der Waals surface area contributed by atoms with Gasteiger partial charge in [-0.25, -0.2) is 0 Å². The zero-order valence-electron chi connectivity index (χ0n) is 11.9. The van der Waals surface area contributed by atoms with E-state index < -0.39 is 0 Å². The van der Waals surface area contributed by atoms with E-state index in [1.807, 2.05) is 11.9 Å². The van der Waals surface area contributed by atoms with Gasteiger partial charge in [0.25, 0.3) is 0 Å². The lowest BCUT2D eigenvalue weighted by molar-refractivity contribution is -0.131.